The zero-order valence-corrected chi connectivity index (χ0v) is 23.3. The number of hydrogen-bond acceptors (Lipinski definition) is 4. The molecule has 1 saturated heterocycles. The number of carboxylic acid groups (broad SMARTS) is 1. The third-order valence-electron chi connectivity index (χ3n) is 7.80. The predicted octanol–water partition coefficient (Wildman–Crippen LogP) is 7.43. The van der Waals surface area contributed by atoms with Crippen molar-refractivity contribution in [3.63, 3.8) is 0 Å². The van der Waals surface area contributed by atoms with E-state index in [1.807, 2.05) is 23.5 Å². The first-order valence-corrected chi connectivity index (χ1v) is 14.7. The largest absolute Gasteiger partial charge is 0.478 e. The topological polar surface area (TPSA) is 56.7 Å². The standard InChI is InChI=1S/C33H32N2O3S/c1-3-34(4-2)23-13-15-27-29(21-23)38-28-20-22(30-16-17-31(39-30)35-18-8-5-9-19-35)12-14-26(28)32(27)24-10-6-7-11-25(24)33(36)37/h6-7,10-17,20-21H,3-5,8-9,18-19H2,1-2H3/p+1. The van der Waals surface area contributed by atoms with Gasteiger partial charge in [0.05, 0.1) is 16.6 Å². The summed E-state index contributed by atoms with van der Waals surface area (Å²) in [6, 6.07) is 24.3. The maximum absolute atomic E-state index is 12.2. The lowest BCUT2D eigenvalue weighted by Gasteiger charge is -2.27. The van der Waals surface area contributed by atoms with Gasteiger partial charge in [-0.05, 0) is 80.6 Å². The number of carbonyl (C=O) groups is 1. The Morgan fingerprint density at radius 2 is 1.72 bits per heavy atom. The van der Waals surface area contributed by atoms with Gasteiger partial charge in [0.25, 0.3) is 0 Å². The molecule has 0 atom stereocenters. The Bertz CT molecular complexity index is 1700. The van der Waals surface area contributed by atoms with Gasteiger partial charge in [-0.15, -0.1) is 11.3 Å². The zero-order valence-electron chi connectivity index (χ0n) is 22.4. The van der Waals surface area contributed by atoms with Gasteiger partial charge in [0.2, 0.25) is 5.36 Å². The number of hydrogen-bond donors (Lipinski definition) is 1. The summed E-state index contributed by atoms with van der Waals surface area (Å²) in [7, 11) is 0. The molecule has 3 heterocycles. The first-order chi connectivity index (χ1) is 19.1. The Morgan fingerprint density at radius 3 is 2.49 bits per heavy atom. The number of aromatic carboxylic acids is 1. The summed E-state index contributed by atoms with van der Waals surface area (Å²) < 4.78 is 8.88. The highest BCUT2D eigenvalue weighted by molar-refractivity contribution is 7.19. The Labute approximate surface area is 232 Å². The first-order valence-electron chi connectivity index (χ1n) is 13.8. The van der Waals surface area contributed by atoms with E-state index in [4.69, 9.17) is 4.42 Å². The molecule has 1 aromatic heterocycles. The van der Waals surface area contributed by atoms with Gasteiger partial charge >= 0.3 is 5.97 Å². The Hall–Kier alpha value is -3.90. The molecule has 39 heavy (non-hydrogen) atoms. The smallest absolute Gasteiger partial charge is 0.336 e. The molecule has 1 aliphatic carbocycles. The molecule has 6 rings (SSSR count). The van der Waals surface area contributed by atoms with Crippen molar-refractivity contribution >= 4 is 33.3 Å². The van der Waals surface area contributed by atoms with E-state index in [0.717, 1.165) is 65.0 Å². The SMILES string of the molecule is CC[N+](CC)=c1ccc2c(-c3ccccc3C(=O)O)c3ccc(-c4ccc(N5CCCCC5)s4)cc3oc-2c1. The lowest BCUT2D eigenvalue weighted by molar-refractivity contribution is 0.0697. The number of piperidine rings is 1. The average molecular weight is 538 g/mol. The maximum atomic E-state index is 12.2. The Kier molecular flexibility index (Phi) is 6.96. The summed E-state index contributed by atoms with van der Waals surface area (Å²) in [6.07, 6.45) is 3.83. The third-order valence-corrected chi connectivity index (χ3v) is 9.00. The van der Waals surface area contributed by atoms with Crippen LogP contribution in [0.4, 0.5) is 5.00 Å². The predicted molar refractivity (Wildman–Crippen MR) is 161 cm³/mol. The van der Waals surface area contributed by atoms with Crippen LogP contribution < -0.4 is 14.8 Å². The van der Waals surface area contributed by atoms with Crippen LogP contribution in [0.3, 0.4) is 0 Å². The number of rotatable bonds is 6. The number of nitrogens with zero attached hydrogens (tertiary/aromatic N) is 2. The van der Waals surface area contributed by atoms with Crippen LogP contribution in [0.2, 0.25) is 0 Å². The summed E-state index contributed by atoms with van der Waals surface area (Å²) in [6.45, 7) is 8.33. The molecule has 0 unspecified atom stereocenters. The van der Waals surface area contributed by atoms with Crippen molar-refractivity contribution in [2.24, 2.45) is 0 Å². The summed E-state index contributed by atoms with van der Waals surface area (Å²) in [5, 5.41) is 13.3. The molecule has 0 bridgehead atoms. The molecular formula is C33H33N2O3S+. The van der Waals surface area contributed by atoms with Gasteiger partial charge < -0.3 is 14.4 Å². The minimum absolute atomic E-state index is 0.285. The molecule has 0 saturated carbocycles. The van der Waals surface area contributed by atoms with Gasteiger partial charge in [-0.1, -0.05) is 24.3 Å². The summed E-state index contributed by atoms with van der Waals surface area (Å²) in [5.41, 5.74) is 4.64. The highest BCUT2D eigenvalue weighted by Crippen LogP contribution is 2.43. The minimum atomic E-state index is -0.937. The van der Waals surface area contributed by atoms with E-state index >= 15 is 0 Å². The van der Waals surface area contributed by atoms with Crippen LogP contribution in [0.15, 0.2) is 77.2 Å². The highest BCUT2D eigenvalue weighted by Gasteiger charge is 2.22. The highest BCUT2D eigenvalue weighted by atomic mass is 32.1. The van der Waals surface area contributed by atoms with Gasteiger partial charge in [-0.2, -0.15) is 0 Å². The van der Waals surface area contributed by atoms with E-state index < -0.39 is 5.97 Å². The number of thiophene rings is 1. The molecule has 3 aliphatic rings. The second-order valence-electron chi connectivity index (χ2n) is 10.1. The third kappa shape index (κ3) is 4.74. The van der Waals surface area contributed by atoms with E-state index in [2.05, 4.69) is 71.9 Å². The lowest BCUT2D eigenvalue weighted by atomic mass is 9.90. The van der Waals surface area contributed by atoms with Crippen LogP contribution in [0.5, 0.6) is 0 Å². The van der Waals surface area contributed by atoms with Gasteiger partial charge in [-0.3, -0.25) is 0 Å². The van der Waals surface area contributed by atoms with Gasteiger partial charge in [0, 0.05) is 40.5 Å². The zero-order chi connectivity index (χ0) is 26.9. The molecule has 2 aliphatic heterocycles. The van der Waals surface area contributed by atoms with E-state index in [9.17, 15) is 9.90 Å². The molecule has 3 aromatic rings. The van der Waals surface area contributed by atoms with E-state index in [1.54, 1.807) is 12.1 Å². The molecule has 1 fully saturated rings. The van der Waals surface area contributed by atoms with Crippen molar-refractivity contribution in [1.82, 2.24) is 4.58 Å². The summed E-state index contributed by atoms with van der Waals surface area (Å²) in [4.78, 5) is 15.9. The van der Waals surface area contributed by atoms with Crippen LogP contribution >= 0.6 is 11.3 Å². The number of carboxylic acids is 1. The molecule has 1 N–H and O–H groups in total. The van der Waals surface area contributed by atoms with Crippen LogP contribution in [0, 0.1) is 0 Å². The monoisotopic (exact) mass is 537 g/mol. The molecule has 2 aromatic carbocycles. The van der Waals surface area contributed by atoms with Crippen LogP contribution in [-0.4, -0.2) is 37.3 Å². The molecule has 0 spiro atoms. The molecule has 0 amide bonds. The Morgan fingerprint density at radius 1 is 0.923 bits per heavy atom. The average Bonchev–Trinajstić information content (AvgIpc) is 3.47. The molecule has 198 valence electrons. The number of anilines is 1. The van der Waals surface area contributed by atoms with Crippen LogP contribution in [0.25, 0.3) is 43.9 Å². The normalized spacial score (nSPS) is 13.7. The molecule has 5 nitrogen and oxygen atoms in total. The molecular weight excluding hydrogens is 504 g/mol. The number of fused-ring (bicyclic) bond motifs is 2. The maximum Gasteiger partial charge on any atom is 0.336 e. The first kappa shape index (κ1) is 25.4. The van der Waals surface area contributed by atoms with E-state index in [0.29, 0.717) is 5.56 Å². The fourth-order valence-electron chi connectivity index (χ4n) is 5.76. The van der Waals surface area contributed by atoms with Crippen molar-refractivity contribution in [3.05, 3.63) is 83.7 Å². The van der Waals surface area contributed by atoms with Crippen molar-refractivity contribution in [2.75, 3.05) is 31.1 Å². The fourth-order valence-corrected chi connectivity index (χ4v) is 6.82. The molecule has 0 radical (unpaired) electrons. The van der Waals surface area contributed by atoms with Crippen molar-refractivity contribution in [3.8, 4) is 32.9 Å². The second kappa shape index (κ2) is 10.7. The fraction of sp³-hybridized carbons (Fsp3) is 0.273. The molecule has 6 heteroatoms. The van der Waals surface area contributed by atoms with Gasteiger partial charge in [-0.25, -0.2) is 9.37 Å². The van der Waals surface area contributed by atoms with Crippen molar-refractivity contribution in [2.45, 2.75) is 33.1 Å². The van der Waals surface area contributed by atoms with Gasteiger partial charge in [0.15, 0.2) is 0 Å². The van der Waals surface area contributed by atoms with E-state index in [1.165, 1.54) is 29.1 Å². The van der Waals surface area contributed by atoms with Crippen molar-refractivity contribution in [1.29, 1.82) is 0 Å². The Balaban J connectivity index is 1.58. The minimum Gasteiger partial charge on any atom is -0.478 e. The van der Waals surface area contributed by atoms with Gasteiger partial charge in [0.1, 0.15) is 24.4 Å². The lowest BCUT2D eigenvalue weighted by Crippen LogP contribution is -2.29. The van der Waals surface area contributed by atoms with Crippen molar-refractivity contribution < 1.29 is 14.3 Å². The number of benzene rings is 3. The summed E-state index contributed by atoms with van der Waals surface area (Å²) in [5.74, 6) is -0.188. The van der Waals surface area contributed by atoms with Crippen LogP contribution in [-0.2, 0) is 0 Å². The second-order valence-corrected chi connectivity index (χ2v) is 11.1. The quantitative estimate of drug-likeness (QED) is 0.181. The van der Waals surface area contributed by atoms with E-state index in [-0.39, 0.29) is 5.56 Å². The van der Waals surface area contributed by atoms with Crippen LogP contribution in [0.1, 0.15) is 43.5 Å². The summed E-state index contributed by atoms with van der Waals surface area (Å²) >= 11 is 1.82.